The Morgan fingerprint density at radius 2 is 2.17 bits per heavy atom. The Morgan fingerprint density at radius 1 is 1.33 bits per heavy atom. The maximum absolute atomic E-state index is 5.55. The summed E-state index contributed by atoms with van der Waals surface area (Å²) in [6.45, 7) is 3.15. The summed E-state index contributed by atoms with van der Waals surface area (Å²) in [5, 5.41) is 3.54. The molecule has 1 aromatic heterocycles. The fourth-order valence-corrected chi connectivity index (χ4v) is 2.84. The van der Waals surface area contributed by atoms with Crippen LogP contribution in [-0.2, 0) is 6.42 Å². The average Bonchev–Trinajstić information content (AvgIpc) is 2.77. The lowest BCUT2D eigenvalue weighted by atomic mass is 9.77. The Morgan fingerprint density at radius 3 is 2.89 bits per heavy atom. The molecule has 2 nitrogen and oxygen atoms in total. The fraction of sp³-hybridized carbons (Fsp3) is 0.333. The first-order valence-corrected chi connectivity index (χ1v) is 7.10. The van der Waals surface area contributed by atoms with Crippen LogP contribution in [0.15, 0.2) is 45.5 Å². The SMILES string of the molecule is CC(NCC1Cc2ccccc21)c1ccc(Br)o1. The third-order valence-electron chi connectivity index (χ3n) is 3.65. The van der Waals surface area contributed by atoms with E-state index in [1.165, 1.54) is 17.5 Å². The molecule has 0 spiro atoms. The molecule has 0 bridgehead atoms. The van der Waals surface area contributed by atoms with Gasteiger partial charge >= 0.3 is 0 Å². The lowest BCUT2D eigenvalue weighted by molar-refractivity contribution is 0.402. The highest BCUT2D eigenvalue weighted by Crippen LogP contribution is 2.34. The minimum absolute atomic E-state index is 0.254. The van der Waals surface area contributed by atoms with Crippen LogP contribution in [0, 0.1) is 0 Å². The summed E-state index contributed by atoms with van der Waals surface area (Å²) >= 11 is 3.33. The third kappa shape index (κ3) is 2.25. The maximum Gasteiger partial charge on any atom is 0.169 e. The van der Waals surface area contributed by atoms with Crippen molar-refractivity contribution in [1.29, 1.82) is 0 Å². The van der Waals surface area contributed by atoms with Crippen LogP contribution in [0.2, 0.25) is 0 Å². The second-order valence-corrected chi connectivity index (χ2v) is 5.65. The number of hydrogen-bond donors (Lipinski definition) is 1. The molecule has 0 saturated carbocycles. The lowest BCUT2D eigenvalue weighted by Gasteiger charge is -2.31. The molecule has 1 N–H and O–H groups in total. The van der Waals surface area contributed by atoms with Crippen molar-refractivity contribution in [2.45, 2.75) is 25.3 Å². The number of furan rings is 1. The molecule has 18 heavy (non-hydrogen) atoms. The Hall–Kier alpha value is -1.06. The molecular weight excluding hydrogens is 290 g/mol. The summed E-state index contributed by atoms with van der Waals surface area (Å²) in [7, 11) is 0. The molecule has 2 atom stereocenters. The number of hydrogen-bond acceptors (Lipinski definition) is 2. The highest BCUT2D eigenvalue weighted by molar-refractivity contribution is 9.10. The number of fused-ring (bicyclic) bond motifs is 1. The van der Waals surface area contributed by atoms with E-state index < -0.39 is 0 Å². The maximum atomic E-state index is 5.55. The first-order valence-electron chi connectivity index (χ1n) is 6.30. The molecule has 94 valence electrons. The van der Waals surface area contributed by atoms with E-state index in [0.717, 1.165) is 17.0 Å². The van der Waals surface area contributed by atoms with Crippen molar-refractivity contribution in [2.75, 3.05) is 6.54 Å². The van der Waals surface area contributed by atoms with Crippen molar-refractivity contribution in [3.63, 3.8) is 0 Å². The first-order chi connectivity index (χ1) is 8.74. The van der Waals surface area contributed by atoms with E-state index in [1.54, 1.807) is 0 Å². The Labute approximate surface area is 116 Å². The van der Waals surface area contributed by atoms with Gasteiger partial charge in [0, 0.05) is 12.5 Å². The van der Waals surface area contributed by atoms with E-state index in [4.69, 9.17) is 4.42 Å². The summed E-state index contributed by atoms with van der Waals surface area (Å²) in [5.41, 5.74) is 3.00. The van der Waals surface area contributed by atoms with Crippen LogP contribution < -0.4 is 5.32 Å². The predicted octanol–water partition coefficient (Wildman–Crippen LogP) is 4.03. The molecule has 0 amide bonds. The van der Waals surface area contributed by atoms with Gasteiger partial charge in [0.1, 0.15) is 5.76 Å². The molecule has 0 aliphatic heterocycles. The van der Waals surface area contributed by atoms with Crippen molar-refractivity contribution in [3.05, 3.63) is 58.0 Å². The quantitative estimate of drug-likeness (QED) is 0.922. The summed E-state index contributed by atoms with van der Waals surface area (Å²) in [6, 6.07) is 12.9. The molecule has 2 unspecified atom stereocenters. The third-order valence-corrected chi connectivity index (χ3v) is 4.08. The Balaban J connectivity index is 1.57. The normalized spacial score (nSPS) is 19.1. The second kappa shape index (κ2) is 4.90. The van der Waals surface area contributed by atoms with Crippen molar-refractivity contribution < 1.29 is 4.42 Å². The highest BCUT2D eigenvalue weighted by atomic mass is 79.9. The molecule has 3 heteroatoms. The van der Waals surface area contributed by atoms with Crippen LogP contribution in [-0.4, -0.2) is 6.54 Å². The van der Waals surface area contributed by atoms with Crippen LogP contribution >= 0.6 is 15.9 Å². The molecule has 1 aliphatic rings. The van der Waals surface area contributed by atoms with Crippen molar-refractivity contribution in [1.82, 2.24) is 5.32 Å². The lowest BCUT2D eigenvalue weighted by Crippen LogP contribution is -2.30. The molecule has 0 fully saturated rings. The van der Waals surface area contributed by atoms with Gasteiger partial charge in [0.15, 0.2) is 4.67 Å². The number of nitrogens with one attached hydrogen (secondary N) is 1. The van der Waals surface area contributed by atoms with Gasteiger partial charge < -0.3 is 9.73 Å². The second-order valence-electron chi connectivity index (χ2n) is 4.87. The molecule has 2 aromatic rings. The van der Waals surface area contributed by atoms with E-state index in [2.05, 4.69) is 52.4 Å². The van der Waals surface area contributed by atoms with Gasteiger partial charge in [0.2, 0.25) is 0 Å². The van der Waals surface area contributed by atoms with Crippen molar-refractivity contribution in [2.24, 2.45) is 0 Å². The number of benzene rings is 1. The van der Waals surface area contributed by atoms with Gasteiger partial charge in [-0.3, -0.25) is 0 Å². The predicted molar refractivity (Wildman–Crippen MR) is 75.7 cm³/mol. The first kappa shape index (κ1) is 12.0. The largest absolute Gasteiger partial charge is 0.453 e. The molecule has 1 aromatic carbocycles. The zero-order valence-electron chi connectivity index (χ0n) is 10.3. The van der Waals surface area contributed by atoms with Gasteiger partial charge in [-0.05, 0) is 52.5 Å². The topological polar surface area (TPSA) is 25.2 Å². The van der Waals surface area contributed by atoms with Gasteiger partial charge in [-0.25, -0.2) is 0 Å². The van der Waals surface area contributed by atoms with Crippen LogP contribution in [0.5, 0.6) is 0 Å². The molecule has 0 saturated heterocycles. The number of halogens is 1. The van der Waals surface area contributed by atoms with Gasteiger partial charge in [-0.1, -0.05) is 24.3 Å². The zero-order chi connectivity index (χ0) is 12.5. The minimum atomic E-state index is 0.254. The summed E-state index contributed by atoms with van der Waals surface area (Å²) in [5.74, 6) is 1.64. The van der Waals surface area contributed by atoms with Gasteiger partial charge in [-0.2, -0.15) is 0 Å². The molecule has 3 rings (SSSR count). The molecular formula is C15H16BrNO. The fourth-order valence-electron chi connectivity index (χ4n) is 2.53. The Bertz CT molecular complexity index is 549. The smallest absolute Gasteiger partial charge is 0.169 e. The minimum Gasteiger partial charge on any atom is -0.453 e. The van der Waals surface area contributed by atoms with Gasteiger partial charge in [-0.15, -0.1) is 0 Å². The zero-order valence-corrected chi connectivity index (χ0v) is 11.9. The Kier molecular flexibility index (Phi) is 3.27. The average molecular weight is 306 g/mol. The summed E-state index contributed by atoms with van der Waals surface area (Å²) in [6.07, 6.45) is 1.19. The van der Waals surface area contributed by atoms with Gasteiger partial charge in [0.05, 0.1) is 6.04 Å². The summed E-state index contributed by atoms with van der Waals surface area (Å²) < 4.78 is 6.34. The standard InChI is InChI=1S/C15H16BrNO/c1-10(14-6-7-15(16)18-14)17-9-12-8-11-4-2-3-5-13(11)12/h2-7,10,12,17H,8-9H2,1H3. The molecule has 1 aliphatic carbocycles. The van der Waals surface area contributed by atoms with E-state index in [1.807, 2.05) is 12.1 Å². The summed E-state index contributed by atoms with van der Waals surface area (Å²) in [4.78, 5) is 0. The van der Waals surface area contributed by atoms with Crippen LogP contribution in [0.1, 0.15) is 35.8 Å². The van der Waals surface area contributed by atoms with Crippen molar-refractivity contribution in [3.8, 4) is 0 Å². The van der Waals surface area contributed by atoms with Crippen molar-refractivity contribution >= 4 is 15.9 Å². The van der Waals surface area contributed by atoms with E-state index >= 15 is 0 Å². The highest BCUT2D eigenvalue weighted by Gasteiger charge is 2.25. The van der Waals surface area contributed by atoms with Crippen LogP contribution in [0.3, 0.4) is 0 Å². The van der Waals surface area contributed by atoms with Crippen LogP contribution in [0.4, 0.5) is 0 Å². The number of rotatable bonds is 4. The monoisotopic (exact) mass is 305 g/mol. The van der Waals surface area contributed by atoms with Gasteiger partial charge in [0.25, 0.3) is 0 Å². The van der Waals surface area contributed by atoms with E-state index in [-0.39, 0.29) is 6.04 Å². The molecule has 0 radical (unpaired) electrons. The van der Waals surface area contributed by atoms with Crippen LogP contribution in [0.25, 0.3) is 0 Å². The molecule has 1 heterocycles. The van der Waals surface area contributed by atoms with E-state index in [0.29, 0.717) is 5.92 Å². The van der Waals surface area contributed by atoms with E-state index in [9.17, 15) is 0 Å².